The molecule has 0 bridgehead atoms. The van der Waals surface area contributed by atoms with Crippen molar-refractivity contribution in [3.05, 3.63) is 84.1 Å². The summed E-state index contributed by atoms with van der Waals surface area (Å²) >= 11 is 0. The topological polar surface area (TPSA) is 63.7 Å². The van der Waals surface area contributed by atoms with Crippen LogP contribution in [0.25, 0.3) is 0 Å². The average Bonchev–Trinajstić information content (AvgIpc) is 2.80. The maximum absolute atomic E-state index is 12.5. The second-order valence-corrected chi connectivity index (χ2v) is 6.76. The Bertz CT molecular complexity index is 922. The Morgan fingerprint density at radius 2 is 1.76 bits per heavy atom. The number of pyridine rings is 1. The van der Waals surface area contributed by atoms with Crippen molar-refractivity contribution in [3.8, 4) is 5.75 Å². The van der Waals surface area contributed by atoms with Crippen LogP contribution in [0.5, 0.6) is 5.75 Å². The fourth-order valence-corrected chi connectivity index (χ4v) is 3.08. The number of rotatable bonds is 6. The summed E-state index contributed by atoms with van der Waals surface area (Å²) in [5.74, 6) is 1.43. The lowest BCUT2D eigenvalue weighted by molar-refractivity contribution is 0.102. The van der Waals surface area contributed by atoms with E-state index < -0.39 is 0 Å². The predicted molar refractivity (Wildman–Crippen MR) is 112 cm³/mol. The number of nitrogens with zero attached hydrogens (tertiary/aromatic N) is 2. The first-order chi connectivity index (χ1) is 14.3. The third-order valence-electron chi connectivity index (χ3n) is 4.71. The van der Waals surface area contributed by atoms with E-state index >= 15 is 0 Å². The number of hydrogen-bond acceptors (Lipinski definition) is 5. The first-order valence-corrected chi connectivity index (χ1v) is 9.65. The van der Waals surface area contributed by atoms with E-state index in [4.69, 9.17) is 9.47 Å². The van der Waals surface area contributed by atoms with Gasteiger partial charge in [0.25, 0.3) is 5.91 Å². The van der Waals surface area contributed by atoms with E-state index in [1.54, 1.807) is 12.3 Å². The van der Waals surface area contributed by atoms with Crippen LogP contribution in [0, 0.1) is 0 Å². The van der Waals surface area contributed by atoms with Crippen LogP contribution >= 0.6 is 0 Å². The molecular formula is C23H23N3O3. The number of carbonyl (C=O) groups is 1. The Kier molecular flexibility index (Phi) is 6.02. The van der Waals surface area contributed by atoms with Gasteiger partial charge in [0, 0.05) is 25.0 Å². The predicted octanol–water partition coefficient (Wildman–Crippen LogP) is 3.75. The molecule has 1 fully saturated rings. The van der Waals surface area contributed by atoms with Gasteiger partial charge in [-0.25, -0.2) is 4.98 Å². The molecule has 1 aliphatic rings. The molecule has 1 N–H and O–H groups in total. The van der Waals surface area contributed by atoms with Gasteiger partial charge in [-0.15, -0.1) is 0 Å². The minimum absolute atomic E-state index is 0.191. The maximum atomic E-state index is 12.5. The number of amides is 1. The zero-order valence-electron chi connectivity index (χ0n) is 16.1. The molecule has 1 aliphatic heterocycles. The van der Waals surface area contributed by atoms with E-state index in [2.05, 4.69) is 15.2 Å². The Morgan fingerprint density at radius 1 is 1.00 bits per heavy atom. The summed E-state index contributed by atoms with van der Waals surface area (Å²) in [7, 11) is 0. The maximum Gasteiger partial charge on any atom is 0.257 e. The van der Waals surface area contributed by atoms with Crippen LogP contribution in [0.2, 0.25) is 0 Å². The van der Waals surface area contributed by atoms with Gasteiger partial charge >= 0.3 is 0 Å². The molecule has 4 rings (SSSR count). The molecule has 0 unspecified atom stereocenters. The van der Waals surface area contributed by atoms with Gasteiger partial charge in [0.15, 0.2) is 0 Å². The zero-order valence-corrected chi connectivity index (χ0v) is 16.1. The SMILES string of the molecule is O=C(Nc1ccc(OCc2ccccc2)cc1)c1ccc(N2CCOCC2)nc1. The third-order valence-corrected chi connectivity index (χ3v) is 4.71. The Balaban J connectivity index is 1.32. The second kappa shape index (κ2) is 9.21. The molecule has 1 saturated heterocycles. The van der Waals surface area contributed by atoms with Crippen LogP contribution in [0.4, 0.5) is 11.5 Å². The summed E-state index contributed by atoms with van der Waals surface area (Å²) < 4.78 is 11.1. The number of morpholine rings is 1. The minimum atomic E-state index is -0.191. The summed E-state index contributed by atoms with van der Waals surface area (Å²) in [6.07, 6.45) is 1.61. The molecule has 0 atom stereocenters. The third kappa shape index (κ3) is 5.12. The molecule has 1 amide bonds. The van der Waals surface area contributed by atoms with E-state index in [9.17, 15) is 4.79 Å². The molecule has 0 aliphatic carbocycles. The summed E-state index contributed by atoms with van der Waals surface area (Å²) in [5.41, 5.74) is 2.34. The summed E-state index contributed by atoms with van der Waals surface area (Å²) in [4.78, 5) is 19.1. The standard InChI is InChI=1S/C23H23N3O3/c27-23(19-6-11-22(24-16-19)26-12-14-28-15-13-26)25-20-7-9-21(10-8-20)29-17-18-4-2-1-3-5-18/h1-11,16H,12-15,17H2,(H,25,27). The van der Waals surface area contributed by atoms with Crippen LogP contribution in [-0.4, -0.2) is 37.2 Å². The second-order valence-electron chi connectivity index (χ2n) is 6.76. The monoisotopic (exact) mass is 389 g/mol. The van der Waals surface area contributed by atoms with Crippen molar-refractivity contribution in [2.24, 2.45) is 0 Å². The van der Waals surface area contributed by atoms with Gasteiger partial charge < -0.3 is 19.7 Å². The quantitative estimate of drug-likeness (QED) is 0.696. The van der Waals surface area contributed by atoms with Crippen LogP contribution < -0.4 is 15.0 Å². The molecule has 0 spiro atoms. The van der Waals surface area contributed by atoms with Crippen LogP contribution in [-0.2, 0) is 11.3 Å². The van der Waals surface area contributed by atoms with E-state index in [1.165, 1.54) is 0 Å². The number of anilines is 2. The van der Waals surface area contributed by atoms with Gasteiger partial charge in [0.2, 0.25) is 0 Å². The lowest BCUT2D eigenvalue weighted by atomic mass is 10.2. The van der Waals surface area contributed by atoms with Crippen molar-refractivity contribution >= 4 is 17.4 Å². The van der Waals surface area contributed by atoms with E-state index in [0.717, 1.165) is 30.2 Å². The molecular weight excluding hydrogens is 366 g/mol. The molecule has 148 valence electrons. The van der Waals surface area contributed by atoms with Crippen LogP contribution in [0.1, 0.15) is 15.9 Å². The molecule has 0 saturated carbocycles. The van der Waals surface area contributed by atoms with E-state index in [-0.39, 0.29) is 5.91 Å². The fourth-order valence-electron chi connectivity index (χ4n) is 3.08. The lowest BCUT2D eigenvalue weighted by Gasteiger charge is -2.27. The number of aromatic nitrogens is 1. The highest BCUT2D eigenvalue weighted by molar-refractivity contribution is 6.04. The molecule has 3 aromatic rings. The average molecular weight is 389 g/mol. The number of ether oxygens (including phenoxy) is 2. The summed E-state index contributed by atoms with van der Waals surface area (Å²) in [5, 5.41) is 2.89. The molecule has 6 nitrogen and oxygen atoms in total. The Hall–Kier alpha value is -3.38. The number of nitrogens with one attached hydrogen (secondary N) is 1. The van der Waals surface area contributed by atoms with Gasteiger partial charge in [-0.2, -0.15) is 0 Å². The van der Waals surface area contributed by atoms with Crippen LogP contribution in [0.3, 0.4) is 0 Å². The van der Waals surface area contributed by atoms with Crippen molar-refractivity contribution in [1.29, 1.82) is 0 Å². The summed E-state index contributed by atoms with van der Waals surface area (Å²) in [6.45, 7) is 3.55. The lowest BCUT2D eigenvalue weighted by Crippen LogP contribution is -2.36. The molecule has 1 aromatic heterocycles. The van der Waals surface area contributed by atoms with Gasteiger partial charge in [-0.3, -0.25) is 4.79 Å². The van der Waals surface area contributed by atoms with E-state index in [1.807, 2.05) is 60.7 Å². The van der Waals surface area contributed by atoms with Gasteiger partial charge in [-0.1, -0.05) is 30.3 Å². The van der Waals surface area contributed by atoms with Gasteiger partial charge in [-0.05, 0) is 42.0 Å². The van der Waals surface area contributed by atoms with Crippen molar-refractivity contribution < 1.29 is 14.3 Å². The summed E-state index contributed by atoms with van der Waals surface area (Å²) in [6, 6.07) is 21.0. The molecule has 2 aromatic carbocycles. The molecule has 0 radical (unpaired) electrons. The van der Waals surface area contributed by atoms with Gasteiger partial charge in [0.05, 0.1) is 18.8 Å². The first-order valence-electron chi connectivity index (χ1n) is 9.65. The molecule has 6 heteroatoms. The van der Waals surface area contributed by atoms with Crippen molar-refractivity contribution in [3.63, 3.8) is 0 Å². The smallest absolute Gasteiger partial charge is 0.257 e. The Labute approximate surface area is 170 Å². The first kappa shape index (κ1) is 19.0. The van der Waals surface area contributed by atoms with Crippen molar-refractivity contribution in [1.82, 2.24) is 4.98 Å². The largest absolute Gasteiger partial charge is 0.489 e. The van der Waals surface area contributed by atoms with Gasteiger partial charge in [0.1, 0.15) is 18.2 Å². The molecule has 29 heavy (non-hydrogen) atoms. The molecule has 2 heterocycles. The fraction of sp³-hybridized carbons (Fsp3) is 0.217. The highest BCUT2D eigenvalue weighted by Gasteiger charge is 2.13. The minimum Gasteiger partial charge on any atom is -0.489 e. The van der Waals surface area contributed by atoms with Crippen molar-refractivity contribution in [2.45, 2.75) is 6.61 Å². The zero-order chi connectivity index (χ0) is 19.9. The highest BCUT2D eigenvalue weighted by atomic mass is 16.5. The normalized spacial score (nSPS) is 13.7. The Morgan fingerprint density at radius 3 is 2.45 bits per heavy atom. The number of benzene rings is 2. The number of carbonyl (C=O) groups excluding carboxylic acids is 1. The van der Waals surface area contributed by atoms with Crippen molar-refractivity contribution in [2.75, 3.05) is 36.5 Å². The highest BCUT2D eigenvalue weighted by Crippen LogP contribution is 2.18. The van der Waals surface area contributed by atoms with Crippen LogP contribution in [0.15, 0.2) is 72.9 Å². The number of hydrogen-bond donors (Lipinski definition) is 1. The van der Waals surface area contributed by atoms with E-state index in [0.29, 0.717) is 31.1 Å².